The maximum Gasteiger partial charge on any atom is 0.126 e. The normalized spacial score (nSPS) is 12.7. The van der Waals surface area contributed by atoms with Gasteiger partial charge in [0.15, 0.2) is 0 Å². The fraction of sp³-hybridized carbons (Fsp3) is 0.125. The number of aliphatic hydroxyl groups excluding tert-OH is 1. The van der Waals surface area contributed by atoms with E-state index in [-0.39, 0.29) is 5.82 Å². The van der Waals surface area contributed by atoms with Crippen LogP contribution in [0.15, 0.2) is 53.9 Å². The molecule has 3 aromatic rings. The zero-order valence-corrected chi connectivity index (χ0v) is 11.0. The average molecular weight is 272 g/mol. The standard InChI is InChI=1S/C16H13FOS/c17-14-7-3-1-5-11(14)9-15(18)13-10-19-16-8-4-2-6-12(13)16/h1-8,10,15,18H,9H2. The van der Waals surface area contributed by atoms with Crippen molar-refractivity contribution in [2.45, 2.75) is 12.5 Å². The molecule has 1 unspecified atom stereocenters. The molecule has 0 spiro atoms. The number of thiophene rings is 1. The summed E-state index contributed by atoms with van der Waals surface area (Å²) in [6, 6.07) is 14.5. The lowest BCUT2D eigenvalue weighted by Crippen LogP contribution is -2.02. The van der Waals surface area contributed by atoms with Crippen molar-refractivity contribution in [1.29, 1.82) is 0 Å². The molecule has 0 aliphatic rings. The Morgan fingerprint density at radius 1 is 1.05 bits per heavy atom. The van der Waals surface area contributed by atoms with Crippen LogP contribution in [0.3, 0.4) is 0 Å². The van der Waals surface area contributed by atoms with Crippen molar-refractivity contribution in [3.63, 3.8) is 0 Å². The van der Waals surface area contributed by atoms with Gasteiger partial charge in [0.1, 0.15) is 5.82 Å². The molecular weight excluding hydrogens is 259 g/mol. The monoisotopic (exact) mass is 272 g/mol. The van der Waals surface area contributed by atoms with E-state index in [1.54, 1.807) is 29.5 Å². The Morgan fingerprint density at radius 2 is 1.79 bits per heavy atom. The summed E-state index contributed by atoms with van der Waals surface area (Å²) in [5, 5.41) is 13.3. The molecule has 0 saturated carbocycles. The largest absolute Gasteiger partial charge is 0.388 e. The number of hydrogen-bond acceptors (Lipinski definition) is 2. The van der Waals surface area contributed by atoms with Crippen LogP contribution in [-0.4, -0.2) is 5.11 Å². The van der Waals surface area contributed by atoms with E-state index in [9.17, 15) is 9.50 Å². The average Bonchev–Trinajstić information content (AvgIpc) is 2.85. The molecule has 0 amide bonds. The van der Waals surface area contributed by atoms with E-state index in [2.05, 4.69) is 0 Å². The van der Waals surface area contributed by atoms with Crippen molar-refractivity contribution in [2.24, 2.45) is 0 Å². The summed E-state index contributed by atoms with van der Waals surface area (Å²) >= 11 is 1.60. The van der Waals surface area contributed by atoms with Crippen LogP contribution in [0.25, 0.3) is 10.1 Å². The molecule has 1 atom stereocenters. The summed E-state index contributed by atoms with van der Waals surface area (Å²) in [6.45, 7) is 0. The first-order chi connectivity index (χ1) is 9.25. The number of rotatable bonds is 3. The molecule has 0 fully saturated rings. The molecule has 3 heteroatoms. The second kappa shape index (κ2) is 5.11. The van der Waals surface area contributed by atoms with Gasteiger partial charge in [0.2, 0.25) is 0 Å². The topological polar surface area (TPSA) is 20.2 Å². The van der Waals surface area contributed by atoms with E-state index < -0.39 is 6.10 Å². The number of fused-ring (bicyclic) bond motifs is 1. The Morgan fingerprint density at radius 3 is 2.63 bits per heavy atom. The summed E-state index contributed by atoms with van der Waals surface area (Å²) in [6.07, 6.45) is -0.374. The molecule has 19 heavy (non-hydrogen) atoms. The van der Waals surface area contributed by atoms with Crippen molar-refractivity contribution < 1.29 is 9.50 Å². The van der Waals surface area contributed by atoms with Crippen LogP contribution in [0.1, 0.15) is 17.2 Å². The Hall–Kier alpha value is -1.71. The highest BCUT2D eigenvalue weighted by atomic mass is 32.1. The summed E-state index contributed by atoms with van der Waals surface area (Å²) in [5.41, 5.74) is 1.43. The van der Waals surface area contributed by atoms with E-state index in [4.69, 9.17) is 0 Å². The van der Waals surface area contributed by atoms with Crippen molar-refractivity contribution >= 4 is 21.4 Å². The van der Waals surface area contributed by atoms with Crippen LogP contribution in [0.5, 0.6) is 0 Å². The van der Waals surface area contributed by atoms with Crippen LogP contribution in [0.4, 0.5) is 4.39 Å². The SMILES string of the molecule is OC(Cc1ccccc1F)c1csc2ccccc12. The fourth-order valence-electron chi connectivity index (χ4n) is 2.24. The number of aliphatic hydroxyl groups is 1. The van der Waals surface area contributed by atoms with E-state index >= 15 is 0 Å². The lowest BCUT2D eigenvalue weighted by atomic mass is 10.0. The van der Waals surface area contributed by atoms with Gasteiger partial charge in [-0.3, -0.25) is 0 Å². The quantitative estimate of drug-likeness (QED) is 0.753. The van der Waals surface area contributed by atoms with Gasteiger partial charge in [-0.05, 0) is 34.0 Å². The molecule has 0 saturated heterocycles. The maximum atomic E-state index is 13.6. The molecule has 0 aliphatic heterocycles. The van der Waals surface area contributed by atoms with Crippen LogP contribution in [-0.2, 0) is 6.42 Å². The Labute approximate surface area is 115 Å². The third-order valence-corrected chi connectivity index (χ3v) is 4.22. The van der Waals surface area contributed by atoms with Gasteiger partial charge in [0.05, 0.1) is 6.10 Å². The molecule has 0 aliphatic carbocycles. The van der Waals surface area contributed by atoms with E-state index in [1.807, 2.05) is 29.6 Å². The van der Waals surface area contributed by atoms with Crippen molar-refractivity contribution in [3.05, 3.63) is 70.9 Å². The Kier molecular flexibility index (Phi) is 3.32. The first-order valence-electron chi connectivity index (χ1n) is 6.13. The minimum Gasteiger partial charge on any atom is -0.388 e. The molecule has 3 rings (SSSR count). The third kappa shape index (κ3) is 2.39. The minimum atomic E-state index is -0.673. The molecule has 1 heterocycles. The third-order valence-electron chi connectivity index (χ3n) is 3.24. The van der Waals surface area contributed by atoms with Crippen LogP contribution in [0.2, 0.25) is 0 Å². The predicted molar refractivity (Wildman–Crippen MR) is 76.9 cm³/mol. The predicted octanol–water partition coefficient (Wildman–Crippen LogP) is 4.32. The van der Waals surface area contributed by atoms with Crippen LogP contribution in [0, 0.1) is 5.82 Å². The fourth-order valence-corrected chi connectivity index (χ4v) is 3.25. The molecule has 1 aromatic heterocycles. The smallest absolute Gasteiger partial charge is 0.126 e. The molecular formula is C16H13FOS. The number of benzene rings is 2. The van der Waals surface area contributed by atoms with Crippen molar-refractivity contribution in [3.8, 4) is 0 Å². The summed E-state index contributed by atoms with van der Waals surface area (Å²) < 4.78 is 14.7. The van der Waals surface area contributed by atoms with Crippen LogP contribution >= 0.6 is 11.3 Å². The first kappa shape index (κ1) is 12.3. The molecule has 0 radical (unpaired) electrons. The van der Waals surface area contributed by atoms with Gasteiger partial charge in [0, 0.05) is 11.1 Å². The molecule has 96 valence electrons. The van der Waals surface area contributed by atoms with E-state index in [0.29, 0.717) is 12.0 Å². The Balaban J connectivity index is 1.92. The zero-order chi connectivity index (χ0) is 13.2. The Bertz CT molecular complexity index is 705. The first-order valence-corrected chi connectivity index (χ1v) is 7.01. The van der Waals surface area contributed by atoms with Crippen LogP contribution < -0.4 is 0 Å². The lowest BCUT2D eigenvalue weighted by Gasteiger charge is -2.10. The van der Waals surface area contributed by atoms with Crippen molar-refractivity contribution in [2.75, 3.05) is 0 Å². The van der Waals surface area contributed by atoms with E-state index in [1.165, 1.54) is 6.07 Å². The highest BCUT2D eigenvalue weighted by Crippen LogP contribution is 2.31. The zero-order valence-electron chi connectivity index (χ0n) is 10.2. The van der Waals surface area contributed by atoms with Gasteiger partial charge in [0.25, 0.3) is 0 Å². The van der Waals surface area contributed by atoms with Crippen molar-refractivity contribution in [1.82, 2.24) is 0 Å². The molecule has 1 N–H and O–H groups in total. The number of hydrogen-bond donors (Lipinski definition) is 1. The van der Waals surface area contributed by atoms with Gasteiger partial charge in [-0.25, -0.2) is 4.39 Å². The maximum absolute atomic E-state index is 13.6. The lowest BCUT2D eigenvalue weighted by molar-refractivity contribution is 0.179. The highest BCUT2D eigenvalue weighted by molar-refractivity contribution is 7.17. The van der Waals surface area contributed by atoms with Gasteiger partial charge in [-0.1, -0.05) is 36.4 Å². The van der Waals surface area contributed by atoms with Gasteiger partial charge >= 0.3 is 0 Å². The molecule has 0 bridgehead atoms. The summed E-state index contributed by atoms with van der Waals surface area (Å²) in [5.74, 6) is -0.263. The second-order valence-corrected chi connectivity index (χ2v) is 5.41. The summed E-state index contributed by atoms with van der Waals surface area (Å²) in [4.78, 5) is 0. The second-order valence-electron chi connectivity index (χ2n) is 4.50. The van der Waals surface area contributed by atoms with Gasteiger partial charge < -0.3 is 5.11 Å². The van der Waals surface area contributed by atoms with E-state index in [0.717, 1.165) is 15.6 Å². The molecule has 1 nitrogen and oxygen atoms in total. The minimum absolute atomic E-state index is 0.263. The molecule has 2 aromatic carbocycles. The summed E-state index contributed by atoms with van der Waals surface area (Å²) in [7, 11) is 0. The number of halogens is 1. The highest BCUT2D eigenvalue weighted by Gasteiger charge is 2.15. The van der Waals surface area contributed by atoms with Gasteiger partial charge in [-0.2, -0.15) is 0 Å². The van der Waals surface area contributed by atoms with Gasteiger partial charge in [-0.15, -0.1) is 11.3 Å².